The molecule has 0 radical (unpaired) electrons. The molecule has 0 aliphatic heterocycles. The zero-order chi connectivity index (χ0) is 13.5. The minimum atomic E-state index is 0.581. The maximum absolute atomic E-state index is 6.17. The lowest BCUT2D eigenvalue weighted by atomic mass is 10.1. The standard InChI is InChI=1S/C14H21Cl2NO/c1-4-5-18-14-11(9-17-8-10(2)3)6-12(15)7-13(14)16/h6-7,10,17H,4-5,8-9H2,1-3H3. The summed E-state index contributed by atoms with van der Waals surface area (Å²) in [5.74, 6) is 1.36. The van der Waals surface area contributed by atoms with E-state index in [9.17, 15) is 0 Å². The van der Waals surface area contributed by atoms with Crippen LogP contribution in [-0.2, 0) is 6.54 Å². The SMILES string of the molecule is CCCOc1c(Cl)cc(Cl)cc1CNCC(C)C. The van der Waals surface area contributed by atoms with Gasteiger partial charge in [-0.3, -0.25) is 0 Å². The van der Waals surface area contributed by atoms with Gasteiger partial charge >= 0.3 is 0 Å². The lowest BCUT2D eigenvalue weighted by molar-refractivity contribution is 0.313. The fourth-order valence-electron chi connectivity index (χ4n) is 1.61. The van der Waals surface area contributed by atoms with E-state index in [1.54, 1.807) is 6.07 Å². The number of rotatable bonds is 7. The van der Waals surface area contributed by atoms with Crippen molar-refractivity contribution in [3.05, 3.63) is 27.7 Å². The van der Waals surface area contributed by atoms with Gasteiger partial charge in [0, 0.05) is 17.1 Å². The van der Waals surface area contributed by atoms with E-state index in [0.29, 0.717) is 22.6 Å². The van der Waals surface area contributed by atoms with Gasteiger partial charge in [-0.15, -0.1) is 0 Å². The summed E-state index contributed by atoms with van der Waals surface area (Å²) in [5, 5.41) is 4.60. The van der Waals surface area contributed by atoms with Crippen LogP contribution in [-0.4, -0.2) is 13.2 Å². The molecule has 0 aliphatic carbocycles. The maximum atomic E-state index is 6.17. The van der Waals surface area contributed by atoms with E-state index in [2.05, 4.69) is 26.1 Å². The minimum Gasteiger partial charge on any atom is -0.492 e. The molecule has 1 rings (SSSR count). The zero-order valence-corrected chi connectivity index (χ0v) is 12.7. The number of hydrogen-bond donors (Lipinski definition) is 1. The Morgan fingerprint density at radius 1 is 1.28 bits per heavy atom. The lowest BCUT2D eigenvalue weighted by Crippen LogP contribution is -2.19. The molecule has 18 heavy (non-hydrogen) atoms. The predicted octanol–water partition coefficient (Wildman–Crippen LogP) is 4.53. The smallest absolute Gasteiger partial charge is 0.142 e. The summed E-state index contributed by atoms with van der Waals surface area (Å²) in [7, 11) is 0. The van der Waals surface area contributed by atoms with Gasteiger partial charge < -0.3 is 10.1 Å². The molecular formula is C14H21Cl2NO. The van der Waals surface area contributed by atoms with Crippen molar-refractivity contribution >= 4 is 23.2 Å². The quantitative estimate of drug-likeness (QED) is 0.796. The van der Waals surface area contributed by atoms with E-state index in [1.165, 1.54) is 0 Å². The van der Waals surface area contributed by atoms with Crippen LogP contribution in [0.25, 0.3) is 0 Å². The van der Waals surface area contributed by atoms with Crippen molar-refractivity contribution in [1.29, 1.82) is 0 Å². The van der Waals surface area contributed by atoms with Crippen LogP contribution in [0.1, 0.15) is 32.8 Å². The van der Waals surface area contributed by atoms with Crippen molar-refractivity contribution in [2.45, 2.75) is 33.7 Å². The molecule has 1 N–H and O–H groups in total. The van der Waals surface area contributed by atoms with Crippen LogP contribution in [0, 0.1) is 5.92 Å². The first-order valence-corrected chi connectivity index (χ1v) is 7.11. The molecule has 0 aromatic heterocycles. The van der Waals surface area contributed by atoms with Gasteiger partial charge in [0.1, 0.15) is 5.75 Å². The second-order valence-corrected chi connectivity index (χ2v) is 5.59. The Kier molecular flexibility index (Phi) is 6.83. The third kappa shape index (κ3) is 5.05. The molecule has 1 aromatic rings. The van der Waals surface area contributed by atoms with Crippen molar-refractivity contribution in [1.82, 2.24) is 5.32 Å². The molecule has 0 spiro atoms. The van der Waals surface area contributed by atoms with E-state index >= 15 is 0 Å². The summed E-state index contributed by atoms with van der Waals surface area (Å²) in [4.78, 5) is 0. The van der Waals surface area contributed by atoms with E-state index in [4.69, 9.17) is 27.9 Å². The highest BCUT2D eigenvalue weighted by atomic mass is 35.5. The largest absolute Gasteiger partial charge is 0.492 e. The fraction of sp³-hybridized carbons (Fsp3) is 0.571. The van der Waals surface area contributed by atoms with Crippen molar-refractivity contribution in [3.63, 3.8) is 0 Å². The van der Waals surface area contributed by atoms with Crippen LogP contribution in [0.4, 0.5) is 0 Å². The van der Waals surface area contributed by atoms with Crippen LogP contribution in [0.15, 0.2) is 12.1 Å². The second-order valence-electron chi connectivity index (χ2n) is 4.75. The van der Waals surface area contributed by atoms with E-state index in [1.807, 2.05) is 6.07 Å². The number of ether oxygens (including phenoxy) is 1. The van der Waals surface area contributed by atoms with Crippen LogP contribution < -0.4 is 10.1 Å². The van der Waals surface area contributed by atoms with Crippen molar-refractivity contribution in [2.75, 3.05) is 13.2 Å². The van der Waals surface area contributed by atoms with E-state index in [-0.39, 0.29) is 0 Å². The van der Waals surface area contributed by atoms with Gasteiger partial charge in [0.05, 0.1) is 11.6 Å². The van der Waals surface area contributed by atoms with Crippen molar-refractivity contribution < 1.29 is 4.74 Å². The van der Waals surface area contributed by atoms with Crippen LogP contribution in [0.2, 0.25) is 10.0 Å². The van der Waals surface area contributed by atoms with E-state index < -0.39 is 0 Å². The van der Waals surface area contributed by atoms with Crippen LogP contribution in [0.3, 0.4) is 0 Å². The van der Waals surface area contributed by atoms with Gasteiger partial charge in [0.2, 0.25) is 0 Å². The lowest BCUT2D eigenvalue weighted by Gasteiger charge is -2.14. The Hall–Kier alpha value is -0.440. The normalized spacial score (nSPS) is 11.0. The molecule has 0 aliphatic rings. The summed E-state index contributed by atoms with van der Waals surface area (Å²) in [6, 6.07) is 3.63. The van der Waals surface area contributed by atoms with Gasteiger partial charge in [-0.25, -0.2) is 0 Å². The molecule has 1 aromatic carbocycles. The third-order valence-corrected chi connectivity index (χ3v) is 2.90. The van der Waals surface area contributed by atoms with Crippen LogP contribution in [0.5, 0.6) is 5.75 Å². The summed E-state index contributed by atoms with van der Waals surface area (Å²) >= 11 is 12.2. The molecule has 0 heterocycles. The van der Waals surface area contributed by atoms with Gasteiger partial charge in [0.25, 0.3) is 0 Å². The summed E-state index contributed by atoms with van der Waals surface area (Å²) in [6.45, 7) is 8.76. The summed E-state index contributed by atoms with van der Waals surface area (Å²) in [5.41, 5.74) is 1.02. The molecule has 0 amide bonds. The third-order valence-electron chi connectivity index (χ3n) is 2.40. The molecule has 102 valence electrons. The first kappa shape index (κ1) is 15.6. The molecule has 0 fully saturated rings. The molecule has 0 atom stereocenters. The second kappa shape index (κ2) is 7.88. The average Bonchev–Trinajstić information content (AvgIpc) is 2.27. The van der Waals surface area contributed by atoms with Gasteiger partial charge in [0.15, 0.2) is 0 Å². The zero-order valence-electron chi connectivity index (χ0n) is 11.2. The molecule has 0 saturated heterocycles. The Morgan fingerprint density at radius 3 is 2.61 bits per heavy atom. The number of benzene rings is 1. The minimum absolute atomic E-state index is 0.581. The van der Waals surface area contributed by atoms with Gasteiger partial charge in [-0.05, 0) is 31.0 Å². The number of nitrogens with one attached hydrogen (secondary N) is 1. The highest BCUT2D eigenvalue weighted by Crippen LogP contribution is 2.32. The summed E-state index contributed by atoms with van der Waals surface area (Å²) < 4.78 is 5.70. The monoisotopic (exact) mass is 289 g/mol. The Bertz CT molecular complexity index is 380. The van der Waals surface area contributed by atoms with Gasteiger partial charge in [-0.2, -0.15) is 0 Å². The average molecular weight is 290 g/mol. The van der Waals surface area contributed by atoms with Crippen LogP contribution >= 0.6 is 23.2 Å². The Morgan fingerprint density at radius 2 is 2.00 bits per heavy atom. The maximum Gasteiger partial charge on any atom is 0.142 e. The molecule has 0 unspecified atom stereocenters. The highest BCUT2D eigenvalue weighted by molar-refractivity contribution is 6.35. The first-order valence-electron chi connectivity index (χ1n) is 6.36. The molecule has 0 bridgehead atoms. The van der Waals surface area contributed by atoms with Crippen molar-refractivity contribution in [3.8, 4) is 5.75 Å². The Balaban J connectivity index is 2.78. The molecule has 4 heteroatoms. The Labute approximate surface area is 120 Å². The van der Waals surface area contributed by atoms with Gasteiger partial charge in [-0.1, -0.05) is 44.0 Å². The summed E-state index contributed by atoms with van der Waals surface area (Å²) in [6.07, 6.45) is 0.956. The number of hydrogen-bond acceptors (Lipinski definition) is 2. The first-order chi connectivity index (χ1) is 8.54. The molecule has 0 saturated carbocycles. The predicted molar refractivity (Wildman–Crippen MR) is 78.8 cm³/mol. The molecular weight excluding hydrogens is 269 g/mol. The highest BCUT2D eigenvalue weighted by Gasteiger charge is 2.10. The topological polar surface area (TPSA) is 21.3 Å². The fourth-order valence-corrected chi connectivity index (χ4v) is 2.20. The van der Waals surface area contributed by atoms with Crippen molar-refractivity contribution in [2.24, 2.45) is 5.92 Å². The number of halogens is 2. The molecule has 2 nitrogen and oxygen atoms in total. The van der Waals surface area contributed by atoms with E-state index in [0.717, 1.165) is 30.8 Å².